The van der Waals surface area contributed by atoms with E-state index in [9.17, 15) is 17.6 Å². The number of rotatable bonds is 9. The van der Waals surface area contributed by atoms with Gasteiger partial charge < -0.3 is 10.1 Å². The smallest absolute Gasteiger partial charge is 0.244 e. The van der Waals surface area contributed by atoms with Gasteiger partial charge >= 0.3 is 0 Å². The fraction of sp³-hybridized carbons (Fsp3) is 0.316. The molecule has 0 fully saturated rings. The van der Waals surface area contributed by atoms with Gasteiger partial charge in [-0.15, -0.1) is 0 Å². The summed E-state index contributed by atoms with van der Waals surface area (Å²) in [5, 5.41) is 2.69. The zero-order chi connectivity index (χ0) is 19.9. The van der Waals surface area contributed by atoms with Crippen LogP contribution in [0.5, 0.6) is 5.75 Å². The molecule has 0 saturated heterocycles. The highest BCUT2D eigenvalue weighted by Crippen LogP contribution is 2.22. The van der Waals surface area contributed by atoms with Crippen molar-refractivity contribution in [2.75, 3.05) is 23.7 Å². The van der Waals surface area contributed by atoms with E-state index in [0.717, 1.165) is 10.6 Å². The summed E-state index contributed by atoms with van der Waals surface area (Å²) in [6.45, 7) is 2.12. The van der Waals surface area contributed by atoms with E-state index in [1.165, 1.54) is 24.3 Å². The summed E-state index contributed by atoms with van der Waals surface area (Å²) in [7, 11) is -3.65. The van der Waals surface area contributed by atoms with Crippen LogP contribution in [0.4, 0.5) is 10.1 Å². The Bertz CT molecular complexity index is 842. The minimum atomic E-state index is -3.65. The van der Waals surface area contributed by atoms with Gasteiger partial charge in [-0.2, -0.15) is 0 Å². The first kappa shape index (κ1) is 20.7. The van der Waals surface area contributed by atoms with E-state index in [1.54, 1.807) is 37.3 Å². The molecule has 0 aromatic heterocycles. The van der Waals surface area contributed by atoms with Crippen molar-refractivity contribution in [2.45, 2.75) is 19.4 Å². The predicted octanol–water partition coefficient (Wildman–Crippen LogP) is 2.57. The van der Waals surface area contributed by atoms with E-state index in [0.29, 0.717) is 17.9 Å². The molecule has 0 saturated carbocycles. The molecular weight excluding hydrogens is 371 g/mol. The monoisotopic (exact) mass is 394 g/mol. The van der Waals surface area contributed by atoms with E-state index in [4.69, 9.17) is 4.74 Å². The molecule has 0 aliphatic carbocycles. The summed E-state index contributed by atoms with van der Waals surface area (Å²) in [6.07, 6.45) is 1.39. The lowest BCUT2D eigenvalue weighted by atomic mass is 10.2. The Morgan fingerprint density at radius 2 is 1.78 bits per heavy atom. The van der Waals surface area contributed by atoms with Gasteiger partial charge in [0.25, 0.3) is 0 Å². The third-order valence-corrected chi connectivity index (χ3v) is 5.00. The molecule has 0 radical (unpaired) electrons. The molecule has 6 nitrogen and oxygen atoms in total. The third kappa shape index (κ3) is 5.96. The van der Waals surface area contributed by atoms with Gasteiger partial charge in [-0.3, -0.25) is 9.10 Å². The van der Waals surface area contributed by atoms with Gasteiger partial charge in [0.1, 0.15) is 24.2 Å². The average Bonchev–Trinajstić information content (AvgIpc) is 2.64. The molecule has 0 unspecified atom stereocenters. The molecule has 0 spiro atoms. The molecule has 0 aliphatic rings. The van der Waals surface area contributed by atoms with Crippen LogP contribution in [0.15, 0.2) is 54.6 Å². The van der Waals surface area contributed by atoms with Gasteiger partial charge in [-0.05, 0) is 42.8 Å². The summed E-state index contributed by atoms with van der Waals surface area (Å²) in [6, 6.07) is 13.2. The van der Waals surface area contributed by atoms with E-state index >= 15 is 0 Å². The molecule has 146 valence electrons. The number of nitrogens with zero attached hydrogens (tertiary/aromatic N) is 1. The quantitative estimate of drug-likeness (QED) is 0.664. The highest BCUT2D eigenvalue weighted by molar-refractivity contribution is 7.92. The van der Waals surface area contributed by atoms with E-state index in [-0.39, 0.29) is 19.0 Å². The van der Waals surface area contributed by atoms with Crippen LogP contribution in [0, 0.1) is 5.82 Å². The number of carbonyl (C=O) groups is 1. The summed E-state index contributed by atoms with van der Waals surface area (Å²) in [5.41, 5.74) is 0.435. The molecule has 1 N–H and O–H groups in total. The second-order valence-corrected chi connectivity index (χ2v) is 7.77. The van der Waals surface area contributed by atoms with Gasteiger partial charge in [0.05, 0.1) is 18.5 Å². The molecule has 1 amide bonds. The second-order valence-electron chi connectivity index (χ2n) is 5.91. The highest BCUT2D eigenvalue weighted by atomic mass is 32.2. The zero-order valence-electron chi connectivity index (χ0n) is 15.3. The van der Waals surface area contributed by atoms with Crippen molar-refractivity contribution in [3.05, 3.63) is 60.4 Å². The van der Waals surface area contributed by atoms with Crippen LogP contribution in [-0.2, 0) is 14.8 Å². The number of hydrogen-bond acceptors (Lipinski definition) is 4. The molecule has 2 aromatic rings. The van der Waals surface area contributed by atoms with E-state index < -0.39 is 22.0 Å². The van der Waals surface area contributed by atoms with Gasteiger partial charge in [-0.1, -0.05) is 25.1 Å². The van der Waals surface area contributed by atoms with Crippen molar-refractivity contribution in [3.8, 4) is 5.75 Å². The standard InChI is InChI=1S/C19H23FN2O4S/c1-3-18(22(27(2,24)25)16-7-5-4-6-8-16)19(23)21-13-14-26-17-11-9-15(20)10-12-17/h4-12,18H,3,13-14H2,1-2H3,(H,21,23)/t18-/m0/s1. The summed E-state index contributed by atoms with van der Waals surface area (Å²) < 4.78 is 43.9. The number of sulfonamides is 1. The van der Waals surface area contributed by atoms with Crippen LogP contribution in [0.2, 0.25) is 0 Å². The Morgan fingerprint density at radius 1 is 1.15 bits per heavy atom. The normalized spacial score (nSPS) is 12.3. The largest absolute Gasteiger partial charge is 0.492 e. The van der Waals surface area contributed by atoms with Crippen molar-refractivity contribution in [2.24, 2.45) is 0 Å². The first-order chi connectivity index (χ1) is 12.8. The van der Waals surface area contributed by atoms with Crippen molar-refractivity contribution < 1.29 is 22.3 Å². The molecule has 0 aliphatic heterocycles. The molecule has 8 heteroatoms. The molecule has 27 heavy (non-hydrogen) atoms. The number of hydrogen-bond donors (Lipinski definition) is 1. The number of amides is 1. The molecule has 1 atom stereocenters. The second kappa shape index (κ2) is 9.36. The van der Waals surface area contributed by atoms with Gasteiger partial charge in [-0.25, -0.2) is 12.8 Å². The molecular formula is C19H23FN2O4S. The Kier molecular flexibility index (Phi) is 7.18. The maximum atomic E-state index is 12.9. The number of benzene rings is 2. The molecule has 2 rings (SSSR count). The fourth-order valence-corrected chi connectivity index (χ4v) is 3.84. The number of nitrogens with one attached hydrogen (secondary N) is 1. The lowest BCUT2D eigenvalue weighted by Crippen LogP contribution is -2.49. The SMILES string of the molecule is CC[C@@H](C(=O)NCCOc1ccc(F)cc1)N(c1ccccc1)S(C)(=O)=O. The van der Waals surface area contributed by atoms with E-state index in [1.807, 2.05) is 0 Å². The number of anilines is 1. The first-order valence-corrected chi connectivity index (χ1v) is 10.4. The Labute approximate surface area is 159 Å². The number of carbonyl (C=O) groups excluding carboxylic acids is 1. The van der Waals surface area contributed by atoms with Crippen molar-refractivity contribution in [1.82, 2.24) is 5.32 Å². The van der Waals surface area contributed by atoms with Crippen LogP contribution in [0.1, 0.15) is 13.3 Å². The maximum absolute atomic E-state index is 12.9. The predicted molar refractivity (Wildman–Crippen MR) is 103 cm³/mol. The van der Waals surface area contributed by atoms with Gasteiger partial charge in [0.15, 0.2) is 0 Å². The topological polar surface area (TPSA) is 75.7 Å². The number of ether oxygens (including phenoxy) is 1. The first-order valence-electron chi connectivity index (χ1n) is 8.53. The molecule has 0 bridgehead atoms. The molecule has 2 aromatic carbocycles. The van der Waals surface area contributed by atoms with Crippen LogP contribution in [0.25, 0.3) is 0 Å². The summed E-state index contributed by atoms with van der Waals surface area (Å²) in [5.74, 6) is -0.280. The average molecular weight is 394 g/mol. The lowest BCUT2D eigenvalue weighted by Gasteiger charge is -2.30. The molecule has 0 heterocycles. The Balaban J connectivity index is 1.99. The lowest BCUT2D eigenvalue weighted by molar-refractivity contribution is -0.122. The Morgan fingerprint density at radius 3 is 2.33 bits per heavy atom. The van der Waals surface area contributed by atoms with Crippen LogP contribution >= 0.6 is 0 Å². The van der Waals surface area contributed by atoms with Gasteiger partial charge in [0, 0.05) is 0 Å². The minimum absolute atomic E-state index is 0.179. The van der Waals surface area contributed by atoms with Crippen molar-refractivity contribution in [3.63, 3.8) is 0 Å². The highest BCUT2D eigenvalue weighted by Gasteiger charge is 2.31. The van der Waals surface area contributed by atoms with Crippen LogP contribution in [-0.4, -0.2) is 39.8 Å². The van der Waals surface area contributed by atoms with E-state index in [2.05, 4.69) is 5.32 Å². The van der Waals surface area contributed by atoms with Crippen LogP contribution in [0.3, 0.4) is 0 Å². The van der Waals surface area contributed by atoms with Gasteiger partial charge in [0.2, 0.25) is 15.9 Å². The Hall–Kier alpha value is -2.61. The summed E-state index contributed by atoms with van der Waals surface area (Å²) in [4.78, 5) is 12.6. The zero-order valence-corrected chi connectivity index (χ0v) is 16.1. The minimum Gasteiger partial charge on any atom is -0.492 e. The summed E-state index contributed by atoms with van der Waals surface area (Å²) >= 11 is 0. The number of halogens is 1. The maximum Gasteiger partial charge on any atom is 0.244 e. The number of para-hydroxylation sites is 1. The van der Waals surface area contributed by atoms with Crippen LogP contribution < -0.4 is 14.4 Å². The fourth-order valence-electron chi connectivity index (χ4n) is 2.63. The van der Waals surface area contributed by atoms with Crippen molar-refractivity contribution >= 4 is 21.6 Å². The van der Waals surface area contributed by atoms with Crippen molar-refractivity contribution in [1.29, 1.82) is 0 Å². The third-order valence-electron chi connectivity index (χ3n) is 3.82.